The Morgan fingerprint density at radius 2 is 2.00 bits per heavy atom. The predicted molar refractivity (Wildman–Crippen MR) is 94.2 cm³/mol. The molecule has 1 saturated heterocycles. The summed E-state index contributed by atoms with van der Waals surface area (Å²) in [6, 6.07) is 4.88. The molecular formula is C16H23ClN2O4S. The van der Waals surface area contributed by atoms with Gasteiger partial charge in [-0.05, 0) is 31.0 Å². The zero-order valence-corrected chi connectivity index (χ0v) is 15.7. The highest BCUT2D eigenvalue weighted by molar-refractivity contribution is 7.88. The van der Waals surface area contributed by atoms with Crippen molar-refractivity contribution in [3.8, 4) is 5.75 Å². The quantitative estimate of drug-likeness (QED) is 0.792. The molecule has 0 aliphatic carbocycles. The van der Waals surface area contributed by atoms with Gasteiger partial charge in [0.2, 0.25) is 10.0 Å². The second-order valence-corrected chi connectivity index (χ2v) is 8.21. The summed E-state index contributed by atoms with van der Waals surface area (Å²) in [6.45, 7) is 3.31. The Balaban J connectivity index is 2.08. The molecule has 0 saturated carbocycles. The molecule has 24 heavy (non-hydrogen) atoms. The molecule has 2 rings (SSSR count). The summed E-state index contributed by atoms with van der Waals surface area (Å²) in [5, 5.41) is 0.508. The van der Waals surface area contributed by atoms with Crippen LogP contribution in [-0.4, -0.2) is 62.6 Å². The minimum atomic E-state index is -3.22. The number of ether oxygens (including phenoxy) is 1. The van der Waals surface area contributed by atoms with Crippen LogP contribution in [0.5, 0.6) is 5.75 Å². The van der Waals surface area contributed by atoms with Crippen LogP contribution in [0, 0.1) is 0 Å². The summed E-state index contributed by atoms with van der Waals surface area (Å²) in [4.78, 5) is 14.4. The summed E-state index contributed by atoms with van der Waals surface area (Å²) in [7, 11) is -1.72. The molecule has 1 heterocycles. The number of carbonyl (C=O) groups excluding carboxylic acids is 1. The van der Waals surface area contributed by atoms with E-state index in [9.17, 15) is 13.2 Å². The maximum Gasteiger partial charge on any atom is 0.257 e. The van der Waals surface area contributed by atoms with Gasteiger partial charge in [-0.3, -0.25) is 4.79 Å². The van der Waals surface area contributed by atoms with E-state index in [4.69, 9.17) is 16.3 Å². The van der Waals surface area contributed by atoms with E-state index in [2.05, 4.69) is 0 Å². The number of sulfonamides is 1. The van der Waals surface area contributed by atoms with Crippen LogP contribution >= 0.6 is 11.6 Å². The molecule has 0 atom stereocenters. The number of likely N-dealkylation sites (tertiary alicyclic amines) is 1. The molecule has 0 unspecified atom stereocenters. The van der Waals surface area contributed by atoms with E-state index in [1.807, 2.05) is 6.92 Å². The van der Waals surface area contributed by atoms with Gasteiger partial charge in [-0.25, -0.2) is 8.42 Å². The first-order valence-corrected chi connectivity index (χ1v) is 10.1. The lowest BCUT2D eigenvalue weighted by molar-refractivity contribution is 0.0677. The Kier molecular flexibility index (Phi) is 6.11. The molecule has 8 heteroatoms. The number of nitrogens with zero attached hydrogens (tertiary/aromatic N) is 2. The molecule has 1 aliphatic rings. The second kappa shape index (κ2) is 7.72. The van der Waals surface area contributed by atoms with Gasteiger partial charge in [-0.2, -0.15) is 4.31 Å². The van der Waals surface area contributed by atoms with E-state index < -0.39 is 10.0 Å². The van der Waals surface area contributed by atoms with Crippen LogP contribution in [-0.2, 0) is 10.0 Å². The molecule has 0 aromatic heterocycles. The van der Waals surface area contributed by atoms with Crippen LogP contribution < -0.4 is 4.74 Å². The van der Waals surface area contributed by atoms with Gasteiger partial charge in [0.05, 0.1) is 18.9 Å². The molecule has 0 N–H and O–H groups in total. The van der Waals surface area contributed by atoms with E-state index in [-0.39, 0.29) is 11.9 Å². The Hall–Kier alpha value is -1.31. The lowest BCUT2D eigenvalue weighted by Crippen LogP contribution is -2.48. The van der Waals surface area contributed by atoms with Crippen molar-refractivity contribution in [3.63, 3.8) is 0 Å². The fraction of sp³-hybridized carbons (Fsp3) is 0.562. The maximum atomic E-state index is 12.7. The number of methoxy groups -OCH3 is 1. The largest absolute Gasteiger partial charge is 0.496 e. The van der Waals surface area contributed by atoms with Crippen molar-refractivity contribution in [2.45, 2.75) is 25.8 Å². The molecular weight excluding hydrogens is 352 g/mol. The molecule has 0 spiro atoms. The third-order valence-electron chi connectivity index (χ3n) is 4.29. The van der Waals surface area contributed by atoms with Gasteiger partial charge in [0.15, 0.2) is 0 Å². The Labute approximate surface area is 148 Å². The first kappa shape index (κ1) is 19.0. The van der Waals surface area contributed by atoms with Crippen molar-refractivity contribution in [2.24, 2.45) is 0 Å². The van der Waals surface area contributed by atoms with Crippen LogP contribution in [0.4, 0.5) is 0 Å². The van der Waals surface area contributed by atoms with Gasteiger partial charge in [-0.15, -0.1) is 0 Å². The zero-order valence-electron chi connectivity index (χ0n) is 14.2. The van der Waals surface area contributed by atoms with Crippen LogP contribution in [0.15, 0.2) is 18.2 Å². The summed E-state index contributed by atoms with van der Waals surface area (Å²) in [5.41, 5.74) is 0.468. The second-order valence-electron chi connectivity index (χ2n) is 5.83. The van der Waals surface area contributed by atoms with E-state index in [1.54, 1.807) is 23.1 Å². The summed E-state index contributed by atoms with van der Waals surface area (Å²) in [5.74, 6) is 0.324. The SMILES string of the molecule is CCN(C1CCN(C(=O)c2ccc(Cl)cc2OC)CC1)S(C)(=O)=O. The topological polar surface area (TPSA) is 66.9 Å². The van der Waals surface area contributed by atoms with Gasteiger partial charge in [-0.1, -0.05) is 18.5 Å². The lowest BCUT2D eigenvalue weighted by Gasteiger charge is -2.37. The highest BCUT2D eigenvalue weighted by Crippen LogP contribution is 2.26. The number of halogens is 1. The number of hydrogen-bond acceptors (Lipinski definition) is 4. The molecule has 6 nitrogen and oxygen atoms in total. The average molecular weight is 375 g/mol. The lowest BCUT2D eigenvalue weighted by atomic mass is 10.0. The van der Waals surface area contributed by atoms with Crippen LogP contribution in [0.25, 0.3) is 0 Å². The van der Waals surface area contributed by atoms with Crippen molar-refractivity contribution in [1.29, 1.82) is 0 Å². The fourth-order valence-corrected chi connectivity index (χ4v) is 4.52. The third-order valence-corrected chi connectivity index (χ3v) is 5.93. The summed E-state index contributed by atoms with van der Waals surface area (Å²) < 4.78 is 30.4. The van der Waals surface area contributed by atoms with Crippen molar-refractivity contribution < 1.29 is 17.9 Å². The van der Waals surface area contributed by atoms with Gasteiger partial charge < -0.3 is 9.64 Å². The maximum absolute atomic E-state index is 12.7. The molecule has 1 amide bonds. The normalized spacial score (nSPS) is 16.5. The highest BCUT2D eigenvalue weighted by atomic mass is 35.5. The summed E-state index contributed by atoms with van der Waals surface area (Å²) >= 11 is 5.93. The number of amides is 1. The number of piperidine rings is 1. The van der Waals surface area contributed by atoms with E-state index in [0.29, 0.717) is 48.8 Å². The number of hydrogen-bond donors (Lipinski definition) is 0. The average Bonchev–Trinajstić information content (AvgIpc) is 2.54. The summed E-state index contributed by atoms with van der Waals surface area (Å²) in [6.07, 6.45) is 2.48. The first-order chi connectivity index (χ1) is 11.3. The minimum absolute atomic E-state index is 0.0545. The van der Waals surface area contributed by atoms with Gasteiger partial charge in [0, 0.05) is 30.7 Å². The Morgan fingerprint density at radius 3 is 2.50 bits per heavy atom. The molecule has 134 valence electrons. The number of rotatable bonds is 5. The van der Waals surface area contributed by atoms with E-state index >= 15 is 0 Å². The number of benzene rings is 1. The molecule has 1 aliphatic heterocycles. The van der Waals surface area contributed by atoms with Crippen molar-refractivity contribution in [3.05, 3.63) is 28.8 Å². The van der Waals surface area contributed by atoms with Crippen molar-refractivity contribution in [1.82, 2.24) is 9.21 Å². The molecule has 0 bridgehead atoms. The molecule has 1 aromatic rings. The highest BCUT2D eigenvalue weighted by Gasteiger charge is 2.31. The van der Waals surface area contributed by atoms with Crippen LogP contribution in [0.1, 0.15) is 30.1 Å². The molecule has 1 fully saturated rings. The Morgan fingerprint density at radius 1 is 1.38 bits per heavy atom. The van der Waals surface area contributed by atoms with Gasteiger partial charge in [0.1, 0.15) is 5.75 Å². The van der Waals surface area contributed by atoms with Crippen LogP contribution in [0.2, 0.25) is 5.02 Å². The fourth-order valence-electron chi connectivity index (χ4n) is 3.13. The standard InChI is InChI=1S/C16H23ClN2O4S/c1-4-19(24(3,21)22)13-7-9-18(10-8-13)16(20)14-6-5-12(17)11-15(14)23-2/h5-6,11,13H,4,7-10H2,1-3H3. The van der Waals surface area contributed by atoms with Crippen molar-refractivity contribution in [2.75, 3.05) is 33.0 Å². The molecule has 0 radical (unpaired) electrons. The van der Waals surface area contributed by atoms with Gasteiger partial charge in [0.25, 0.3) is 5.91 Å². The van der Waals surface area contributed by atoms with Crippen molar-refractivity contribution >= 4 is 27.5 Å². The third kappa shape index (κ3) is 4.20. The predicted octanol–water partition coefficient (Wildman–Crippen LogP) is 2.23. The number of carbonyl (C=O) groups is 1. The first-order valence-electron chi connectivity index (χ1n) is 7.87. The monoisotopic (exact) mass is 374 g/mol. The van der Waals surface area contributed by atoms with Crippen LogP contribution in [0.3, 0.4) is 0 Å². The van der Waals surface area contributed by atoms with E-state index in [0.717, 1.165) is 0 Å². The smallest absolute Gasteiger partial charge is 0.257 e. The van der Waals surface area contributed by atoms with E-state index in [1.165, 1.54) is 17.7 Å². The van der Waals surface area contributed by atoms with Gasteiger partial charge >= 0.3 is 0 Å². The Bertz CT molecular complexity index is 700. The molecule has 1 aromatic carbocycles. The zero-order chi connectivity index (χ0) is 17.9. The minimum Gasteiger partial charge on any atom is -0.496 e.